The molecule has 0 radical (unpaired) electrons. The number of rotatable bonds is 1. The lowest BCUT2D eigenvalue weighted by Gasteiger charge is -2.26. The molecule has 0 saturated heterocycles. The lowest BCUT2D eigenvalue weighted by molar-refractivity contribution is 0.710. The molecule has 0 bridgehead atoms. The molecule has 1 aliphatic rings. The first-order valence-electron chi connectivity index (χ1n) is 7.41. The van der Waals surface area contributed by atoms with Gasteiger partial charge in [0.2, 0.25) is 0 Å². The summed E-state index contributed by atoms with van der Waals surface area (Å²) in [5.41, 5.74) is 10.5. The second kappa shape index (κ2) is 6.07. The first-order chi connectivity index (χ1) is 10.9. The zero-order chi connectivity index (χ0) is 16.7. The summed E-state index contributed by atoms with van der Waals surface area (Å²) in [7, 11) is 0. The van der Waals surface area contributed by atoms with E-state index in [1.54, 1.807) is 18.3 Å². The minimum absolute atomic E-state index is 0.325. The Labute approximate surface area is 145 Å². The number of benzene rings is 1. The zero-order valence-electron chi connectivity index (χ0n) is 13.4. The predicted octanol–water partition coefficient (Wildman–Crippen LogP) is 3.96. The van der Waals surface area contributed by atoms with Crippen LogP contribution in [0.3, 0.4) is 0 Å². The van der Waals surface area contributed by atoms with Crippen molar-refractivity contribution >= 4 is 39.5 Å². The van der Waals surface area contributed by atoms with Gasteiger partial charge in [0.05, 0.1) is 18.1 Å². The van der Waals surface area contributed by atoms with Crippen LogP contribution in [0.25, 0.3) is 0 Å². The van der Waals surface area contributed by atoms with Crippen LogP contribution in [-0.2, 0) is 0 Å². The van der Waals surface area contributed by atoms with E-state index >= 15 is 0 Å². The highest BCUT2D eigenvalue weighted by Gasteiger charge is 2.29. The van der Waals surface area contributed by atoms with E-state index in [4.69, 9.17) is 27.7 Å². The van der Waals surface area contributed by atoms with Gasteiger partial charge in [-0.15, -0.1) is 11.3 Å². The first kappa shape index (κ1) is 16.2. The minimum Gasteiger partial charge on any atom is -0.309 e. The summed E-state index contributed by atoms with van der Waals surface area (Å²) in [6.07, 6.45) is -0.325. The summed E-state index contributed by atoms with van der Waals surface area (Å²) in [5, 5.41) is 9.82. The van der Waals surface area contributed by atoms with Gasteiger partial charge < -0.3 is 10.6 Å². The van der Waals surface area contributed by atoms with Crippen molar-refractivity contribution in [3.05, 3.63) is 50.9 Å². The van der Waals surface area contributed by atoms with Crippen LogP contribution in [-0.4, -0.2) is 24.3 Å². The highest BCUT2D eigenvalue weighted by Crippen LogP contribution is 2.39. The molecule has 23 heavy (non-hydrogen) atoms. The van der Waals surface area contributed by atoms with Crippen LogP contribution < -0.4 is 10.6 Å². The molecular weight excluding hydrogens is 328 g/mol. The SMILES string of the molecule is CC(=N)N1c2sc(C)c(C)c2C(c2ccc(Cl)cc2)=NCC1N. The molecule has 3 N–H and O–H groups in total. The van der Waals surface area contributed by atoms with Gasteiger partial charge in [0.15, 0.2) is 0 Å². The van der Waals surface area contributed by atoms with E-state index in [0.29, 0.717) is 17.4 Å². The molecule has 1 aromatic heterocycles. The average molecular weight is 347 g/mol. The van der Waals surface area contributed by atoms with E-state index in [9.17, 15) is 0 Å². The molecule has 4 nitrogen and oxygen atoms in total. The summed E-state index contributed by atoms with van der Waals surface area (Å²) in [6.45, 7) is 6.41. The normalized spacial score (nSPS) is 17.5. The topological polar surface area (TPSA) is 65.5 Å². The number of nitrogens with two attached hydrogens (primary N) is 1. The number of halogens is 1. The Balaban J connectivity index is 2.23. The van der Waals surface area contributed by atoms with Crippen molar-refractivity contribution in [2.45, 2.75) is 26.9 Å². The molecule has 3 rings (SSSR count). The number of thiophene rings is 1. The van der Waals surface area contributed by atoms with Gasteiger partial charge in [-0.3, -0.25) is 10.4 Å². The van der Waals surface area contributed by atoms with Crippen LogP contribution in [0, 0.1) is 19.3 Å². The fraction of sp³-hybridized carbons (Fsp3) is 0.294. The summed E-state index contributed by atoms with van der Waals surface area (Å²) in [5.74, 6) is 0.438. The Morgan fingerprint density at radius 3 is 2.61 bits per heavy atom. The molecule has 0 spiro atoms. The second-order valence-electron chi connectivity index (χ2n) is 5.68. The predicted molar refractivity (Wildman–Crippen MR) is 99.6 cm³/mol. The van der Waals surface area contributed by atoms with Gasteiger partial charge in [-0.2, -0.15) is 0 Å². The number of hydrogen-bond acceptors (Lipinski definition) is 4. The summed E-state index contributed by atoms with van der Waals surface area (Å²) < 4.78 is 0. The van der Waals surface area contributed by atoms with Crippen LogP contribution in [0.4, 0.5) is 5.00 Å². The molecule has 0 saturated carbocycles. The summed E-state index contributed by atoms with van der Waals surface area (Å²) in [6, 6.07) is 7.71. The molecule has 0 amide bonds. The molecule has 0 aliphatic carbocycles. The van der Waals surface area contributed by atoms with Gasteiger partial charge in [0, 0.05) is 21.0 Å². The maximum atomic E-state index is 8.11. The van der Waals surface area contributed by atoms with Crippen LogP contribution in [0.5, 0.6) is 0 Å². The van der Waals surface area contributed by atoms with Gasteiger partial charge >= 0.3 is 0 Å². The van der Waals surface area contributed by atoms with E-state index in [-0.39, 0.29) is 6.17 Å². The van der Waals surface area contributed by atoms with Crippen molar-refractivity contribution in [1.29, 1.82) is 5.41 Å². The number of aliphatic imine (C=N–C) groups is 1. The molecule has 1 atom stereocenters. The number of amidine groups is 1. The molecule has 0 fully saturated rings. The lowest BCUT2D eigenvalue weighted by Crippen LogP contribution is -2.46. The van der Waals surface area contributed by atoms with E-state index in [2.05, 4.69) is 13.8 Å². The lowest BCUT2D eigenvalue weighted by atomic mass is 10.00. The second-order valence-corrected chi connectivity index (χ2v) is 7.32. The molecule has 1 unspecified atom stereocenters. The van der Waals surface area contributed by atoms with Crippen LogP contribution >= 0.6 is 22.9 Å². The van der Waals surface area contributed by atoms with Gasteiger partial charge in [-0.1, -0.05) is 23.7 Å². The number of hydrogen-bond donors (Lipinski definition) is 2. The van der Waals surface area contributed by atoms with Crippen molar-refractivity contribution in [2.24, 2.45) is 10.7 Å². The number of aryl methyl sites for hydroxylation is 1. The van der Waals surface area contributed by atoms with Crippen LogP contribution in [0.2, 0.25) is 5.02 Å². The average Bonchev–Trinajstić information content (AvgIpc) is 2.68. The van der Waals surface area contributed by atoms with Crippen molar-refractivity contribution in [3.63, 3.8) is 0 Å². The van der Waals surface area contributed by atoms with Crippen molar-refractivity contribution < 1.29 is 0 Å². The highest BCUT2D eigenvalue weighted by atomic mass is 35.5. The molecule has 1 aliphatic heterocycles. The van der Waals surface area contributed by atoms with E-state index in [1.165, 1.54) is 10.4 Å². The number of fused-ring (bicyclic) bond motifs is 1. The van der Waals surface area contributed by atoms with Crippen LogP contribution in [0.1, 0.15) is 28.5 Å². The molecule has 1 aromatic carbocycles. The third-order valence-corrected chi connectivity index (χ3v) is 5.53. The quantitative estimate of drug-likeness (QED) is 0.606. The third-order valence-electron chi connectivity index (χ3n) is 4.07. The van der Waals surface area contributed by atoms with Crippen molar-refractivity contribution in [2.75, 3.05) is 11.4 Å². The number of anilines is 1. The minimum atomic E-state index is -0.325. The Morgan fingerprint density at radius 2 is 2.00 bits per heavy atom. The van der Waals surface area contributed by atoms with Crippen molar-refractivity contribution in [3.8, 4) is 0 Å². The smallest absolute Gasteiger partial charge is 0.108 e. The van der Waals surface area contributed by atoms with Gasteiger partial charge in [0.25, 0.3) is 0 Å². The fourth-order valence-corrected chi connectivity index (χ4v) is 4.19. The third kappa shape index (κ3) is 2.80. The molecule has 2 aromatic rings. The molecule has 2 heterocycles. The Hall–Kier alpha value is -1.69. The zero-order valence-corrected chi connectivity index (χ0v) is 14.9. The number of nitrogens with zero attached hydrogens (tertiary/aromatic N) is 2. The van der Waals surface area contributed by atoms with Gasteiger partial charge in [0.1, 0.15) is 11.2 Å². The van der Waals surface area contributed by atoms with Gasteiger partial charge in [-0.25, -0.2) is 0 Å². The monoisotopic (exact) mass is 346 g/mol. The molecule has 120 valence electrons. The van der Waals surface area contributed by atoms with E-state index in [0.717, 1.165) is 21.8 Å². The maximum Gasteiger partial charge on any atom is 0.108 e. The van der Waals surface area contributed by atoms with Crippen LogP contribution in [0.15, 0.2) is 29.3 Å². The summed E-state index contributed by atoms with van der Waals surface area (Å²) in [4.78, 5) is 7.87. The standard InChI is InChI=1S/C17H19ClN4S/c1-9-10(2)23-17-15(9)16(12-4-6-13(18)7-5-12)21-8-14(20)22(17)11(3)19/h4-7,14,19H,8,20H2,1-3H3. The van der Waals surface area contributed by atoms with Crippen molar-refractivity contribution in [1.82, 2.24) is 0 Å². The highest BCUT2D eigenvalue weighted by molar-refractivity contribution is 7.17. The van der Waals surface area contributed by atoms with Gasteiger partial charge in [-0.05, 0) is 38.5 Å². The summed E-state index contributed by atoms with van der Waals surface area (Å²) >= 11 is 7.68. The first-order valence-corrected chi connectivity index (χ1v) is 8.60. The Morgan fingerprint density at radius 1 is 1.35 bits per heavy atom. The largest absolute Gasteiger partial charge is 0.309 e. The number of nitrogens with one attached hydrogen (secondary N) is 1. The maximum absolute atomic E-state index is 8.11. The Kier molecular flexibility index (Phi) is 4.27. The molecule has 6 heteroatoms. The Bertz CT molecular complexity index is 792. The van der Waals surface area contributed by atoms with E-state index < -0.39 is 0 Å². The van der Waals surface area contributed by atoms with E-state index in [1.807, 2.05) is 29.2 Å². The fourth-order valence-electron chi connectivity index (χ4n) is 2.80. The molecular formula is C17H19ClN4S.